The molecule has 0 saturated heterocycles. The largest absolute Gasteiger partial charge is 2.00 e. The first-order chi connectivity index (χ1) is 5.00. The van der Waals surface area contributed by atoms with Crippen molar-refractivity contribution in [3.8, 4) is 0 Å². The first-order valence-electron chi connectivity index (χ1n) is 3.33. The number of rotatable bonds is 0. The average Bonchev–Trinajstić information content (AvgIpc) is 2.67. The van der Waals surface area contributed by atoms with Crippen molar-refractivity contribution >= 4 is 0 Å². The molecule has 12 heavy (non-hydrogen) atoms. The molecule has 0 aliphatic carbocycles. The number of hydrogen-bond acceptors (Lipinski definition) is 0. The van der Waals surface area contributed by atoms with Crippen LogP contribution in [0, 0.1) is 0 Å². The van der Waals surface area contributed by atoms with E-state index in [1.54, 1.807) is 0 Å². The zero-order valence-electron chi connectivity index (χ0n) is 6.51. The second-order valence-corrected chi connectivity index (χ2v) is 1.92. The monoisotopic (exact) mass is 241 g/mol. The Bertz CT molecular complexity index is 149. The summed E-state index contributed by atoms with van der Waals surface area (Å²) >= 11 is 0. The first kappa shape index (κ1) is 14.3. The molecule has 0 heterocycles. The minimum atomic E-state index is 0. The summed E-state index contributed by atoms with van der Waals surface area (Å²) in [5.41, 5.74) is 0. The summed E-state index contributed by atoms with van der Waals surface area (Å²) in [7, 11) is 0. The molecule has 2 heteroatoms. The van der Waals surface area contributed by atoms with E-state index in [1.165, 1.54) is 0 Å². The molecule has 65 valence electrons. The van der Waals surface area contributed by atoms with Crippen molar-refractivity contribution < 1.29 is 34.1 Å². The van der Waals surface area contributed by atoms with Gasteiger partial charge in [0, 0.05) is 17.1 Å². The average molecular weight is 241 g/mol. The van der Waals surface area contributed by atoms with Crippen molar-refractivity contribution in [1.29, 1.82) is 0 Å². The summed E-state index contributed by atoms with van der Waals surface area (Å²) in [6, 6.07) is 20.0. The van der Waals surface area contributed by atoms with E-state index in [1.807, 2.05) is 60.7 Å². The van der Waals surface area contributed by atoms with E-state index < -0.39 is 0 Å². The minimum absolute atomic E-state index is 0. The molecule has 0 aliphatic rings. The van der Waals surface area contributed by atoms with Gasteiger partial charge >= 0.3 is 17.1 Å². The standard InChI is InChI=1S/2C5H5.Fe.Mn/c2*1-2-4-5-3-1;;/h2*1-5H;;/q2*-1;+2;. The zero-order chi connectivity index (χ0) is 7.07. The summed E-state index contributed by atoms with van der Waals surface area (Å²) in [6.07, 6.45) is 0. The maximum Gasteiger partial charge on any atom is 2.00 e. The maximum atomic E-state index is 2.00. The van der Waals surface area contributed by atoms with Crippen LogP contribution in [0.1, 0.15) is 0 Å². The summed E-state index contributed by atoms with van der Waals surface area (Å²) in [6.45, 7) is 0. The van der Waals surface area contributed by atoms with Crippen LogP contribution in [-0.2, 0) is 34.1 Å². The second kappa shape index (κ2) is 10.7. The maximum absolute atomic E-state index is 2.00. The van der Waals surface area contributed by atoms with Gasteiger partial charge in [-0.1, -0.05) is 0 Å². The third-order valence-corrected chi connectivity index (χ3v) is 1.11. The summed E-state index contributed by atoms with van der Waals surface area (Å²) < 4.78 is 0. The molecule has 0 nitrogen and oxygen atoms in total. The Balaban J connectivity index is 0. The Hall–Kier alpha value is -0.261. The van der Waals surface area contributed by atoms with Gasteiger partial charge in [0.2, 0.25) is 0 Å². The minimum Gasteiger partial charge on any atom is -0.214 e. The van der Waals surface area contributed by atoms with Crippen LogP contribution in [0.3, 0.4) is 0 Å². The van der Waals surface area contributed by atoms with Crippen LogP contribution < -0.4 is 0 Å². The summed E-state index contributed by atoms with van der Waals surface area (Å²) in [4.78, 5) is 0. The van der Waals surface area contributed by atoms with Gasteiger partial charge < -0.3 is 0 Å². The molecule has 0 bridgehead atoms. The molecular weight excluding hydrogens is 231 g/mol. The van der Waals surface area contributed by atoms with Gasteiger partial charge in [-0.2, -0.15) is 36.4 Å². The van der Waals surface area contributed by atoms with Gasteiger partial charge in [0.15, 0.2) is 0 Å². The van der Waals surface area contributed by atoms with Gasteiger partial charge in [-0.25, -0.2) is 24.3 Å². The van der Waals surface area contributed by atoms with Crippen molar-refractivity contribution in [2.24, 2.45) is 0 Å². The van der Waals surface area contributed by atoms with Crippen LogP contribution in [0.15, 0.2) is 60.7 Å². The molecule has 0 amide bonds. The Kier molecular flexibility index (Phi) is 12.8. The van der Waals surface area contributed by atoms with Crippen LogP contribution in [0.4, 0.5) is 0 Å². The fourth-order valence-corrected chi connectivity index (χ4v) is 0.642. The molecule has 2 aromatic carbocycles. The van der Waals surface area contributed by atoms with E-state index in [0.29, 0.717) is 0 Å². The normalized spacial score (nSPS) is 6.67. The molecule has 1 radical (unpaired) electrons. The summed E-state index contributed by atoms with van der Waals surface area (Å²) in [5.74, 6) is 0. The van der Waals surface area contributed by atoms with E-state index in [-0.39, 0.29) is 34.1 Å². The van der Waals surface area contributed by atoms with E-state index in [4.69, 9.17) is 0 Å². The van der Waals surface area contributed by atoms with Crippen LogP contribution in [0.25, 0.3) is 0 Å². The molecule has 0 aliphatic heterocycles. The zero-order valence-corrected chi connectivity index (χ0v) is 8.79. The Morgan fingerprint density at radius 1 is 0.583 bits per heavy atom. The van der Waals surface area contributed by atoms with Gasteiger partial charge in [-0.15, -0.1) is 0 Å². The first-order valence-corrected chi connectivity index (χ1v) is 3.33. The van der Waals surface area contributed by atoms with Crippen molar-refractivity contribution in [1.82, 2.24) is 0 Å². The quantitative estimate of drug-likeness (QED) is 0.491. The van der Waals surface area contributed by atoms with E-state index >= 15 is 0 Å². The molecule has 0 spiro atoms. The third kappa shape index (κ3) is 7.84. The molecule has 0 aromatic heterocycles. The van der Waals surface area contributed by atoms with Gasteiger partial charge in [0.05, 0.1) is 0 Å². The van der Waals surface area contributed by atoms with Crippen molar-refractivity contribution in [2.75, 3.05) is 0 Å². The molecule has 0 unspecified atom stereocenters. The van der Waals surface area contributed by atoms with Crippen molar-refractivity contribution in [3.05, 3.63) is 60.7 Å². The molecule has 0 atom stereocenters. The topological polar surface area (TPSA) is 0 Å². The van der Waals surface area contributed by atoms with Crippen molar-refractivity contribution in [2.45, 2.75) is 0 Å². The van der Waals surface area contributed by atoms with Gasteiger partial charge in [0.25, 0.3) is 0 Å². The van der Waals surface area contributed by atoms with Crippen LogP contribution in [-0.4, -0.2) is 0 Å². The molecular formula is C10H10FeMn. The van der Waals surface area contributed by atoms with Gasteiger partial charge in [-0.3, -0.25) is 0 Å². The van der Waals surface area contributed by atoms with Gasteiger partial charge in [-0.05, 0) is 0 Å². The van der Waals surface area contributed by atoms with Gasteiger partial charge in [0.1, 0.15) is 0 Å². The predicted molar refractivity (Wildman–Crippen MR) is 44.1 cm³/mol. The van der Waals surface area contributed by atoms with E-state index in [2.05, 4.69) is 0 Å². The van der Waals surface area contributed by atoms with Crippen molar-refractivity contribution in [3.63, 3.8) is 0 Å². The fraction of sp³-hybridized carbons (Fsp3) is 0. The van der Waals surface area contributed by atoms with Crippen LogP contribution in [0.5, 0.6) is 0 Å². The molecule has 0 N–H and O–H groups in total. The molecule has 0 fully saturated rings. The molecule has 0 saturated carbocycles. The van der Waals surface area contributed by atoms with E-state index in [0.717, 1.165) is 0 Å². The SMILES string of the molecule is [Fe+2].[Mn].c1cc[cH-]c1.c1cc[cH-]c1. The number of hydrogen-bond donors (Lipinski definition) is 0. The molecule has 2 aromatic rings. The smallest absolute Gasteiger partial charge is 0.214 e. The summed E-state index contributed by atoms with van der Waals surface area (Å²) in [5, 5.41) is 0. The Labute approximate surface area is 94.7 Å². The Morgan fingerprint density at radius 3 is 0.917 bits per heavy atom. The second-order valence-electron chi connectivity index (χ2n) is 1.92. The third-order valence-electron chi connectivity index (χ3n) is 1.11. The Morgan fingerprint density at radius 2 is 0.833 bits per heavy atom. The van der Waals surface area contributed by atoms with Crippen LogP contribution >= 0.6 is 0 Å². The fourth-order valence-electron chi connectivity index (χ4n) is 0.642. The van der Waals surface area contributed by atoms with E-state index in [9.17, 15) is 0 Å². The molecule has 2 rings (SSSR count). The predicted octanol–water partition coefficient (Wildman–Crippen LogP) is 2.81. The van der Waals surface area contributed by atoms with Crippen LogP contribution in [0.2, 0.25) is 0 Å².